The Labute approximate surface area is 152 Å². The van der Waals surface area contributed by atoms with Crippen LogP contribution in [0.1, 0.15) is 19.3 Å². The van der Waals surface area contributed by atoms with E-state index in [1.165, 1.54) is 6.42 Å². The highest BCUT2D eigenvalue weighted by atomic mass is 35.5. The number of para-hydroxylation sites is 1. The highest BCUT2D eigenvalue weighted by Gasteiger charge is 2.38. The Balaban J connectivity index is 0.00000192. The Morgan fingerprint density at radius 3 is 2.43 bits per heavy atom. The molecule has 2 heterocycles. The molecule has 0 unspecified atom stereocenters. The summed E-state index contributed by atoms with van der Waals surface area (Å²) < 4.78 is 5.53. The number of piperidine rings is 1. The molecule has 3 rings (SSSR count). The van der Waals surface area contributed by atoms with E-state index >= 15 is 0 Å². The van der Waals surface area contributed by atoms with Gasteiger partial charge in [0.2, 0.25) is 0 Å². The molecule has 4 nitrogen and oxygen atoms in total. The normalized spacial score (nSPS) is 19.5. The van der Waals surface area contributed by atoms with Gasteiger partial charge in [-0.15, -0.1) is 12.4 Å². The molecule has 7 heteroatoms. The van der Waals surface area contributed by atoms with Crippen molar-refractivity contribution >= 4 is 41.5 Å². The van der Waals surface area contributed by atoms with Crippen LogP contribution in [0.3, 0.4) is 0 Å². The molecule has 1 amide bonds. The van der Waals surface area contributed by atoms with Gasteiger partial charge in [0, 0.05) is 19.6 Å². The van der Waals surface area contributed by atoms with E-state index in [0.29, 0.717) is 21.2 Å². The maximum atomic E-state index is 12.3. The third kappa shape index (κ3) is 4.24. The van der Waals surface area contributed by atoms with E-state index in [1.54, 1.807) is 18.2 Å². The van der Waals surface area contributed by atoms with Gasteiger partial charge >= 0.3 is 0 Å². The minimum atomic E-state index is -0.0191. The SMILES string of the molecule is Cl.O=C(COc1c(Cl)cccc1Cl)N1CCC2(CCNC2)CC1. The number of likely N-dealkylation sites (tertiary alicyclic amines) is 1. The van der Waals surface area contributed by atoms with Crippen molar-refractivity contribution in [3.8, 4) is 5.75 Å². The number of amides is 1. The van der Waals surface area contributed by atoms with Gasteiger partial charge in [-0.25, -0.2) is 0 Å². The fourth-order valence-corrected chi connectivity index (χ4v) is 3.80. The molecule has 0 aromatic heterocycles. The summed E-state index contributed by atoms with van der Waals surface area (Å²) in [4.78, 5) is 14.2. The van der Waals surface area contributed by atoms with Gasteiger partial charge in [0.25, 0.3) is 5.91 Å². The largest absolute Gasteiger partial charge is 0.481 e. The fraction of sp³-hybridized carbons (Fsp3) is 0.562. The van der Waals surface area contributed by atoms with Crippen LogP contribution in [-0.4, -0.2) is 43.6 Å². The third-order valence-corrected chi connectivity index (χ3v) is 5.36. The number of hydrogen-bond donors (Lipinski definition) is 1. The Kier molecular flexibility index (Phi) is 6.43. The predicted molar refractivity (Wildman–Crippen MR) is 94.9 cm³/mol. The second kappa shape index (κ2) is 7.93. The number of carbonyl (C=O) groups excluding carboxylic acids is 1. The zero-order valence-electron chi connectivity index (χ0n) is 12.8. The Morgan fingerprint density at radius 2 is 1.87 bits per heavy atom. The van der Waals surface area contributed by atoms with E-state index in [0.717, 1.165) is 39.0 Å². The number of hydrogen-bond acceptors (Lipinski definition) is 3. The molecule has 23 heavy (non-hydrogen) atoms. The molecule has 0 saturated carbocycles. The molecule has 1 aromatic rings. The molecule has 0 bridgehead atoms. The second-order valence-electron chi connectivity index (χ2n) is 6.15. The van der Waals surface area contributed by atoms with Gasteiger partial charge in [0.1, 0.15) is 0 Å². The first-order chi connectivity index (χ1) is 10.6. The first-order valence-corrected chi connectivity index (χ1v) is 8.41. The van der Waals surface area contributed by atoms with Crippen molar-refractivity contribution < 1.29 is 9.53 Å². The van der Waals surface area contributed by atoms with Crippen molar-refractivity contribution in [1.82, 2.24) is 10.2 Å². The van der Waals surface area contributed by atoms with Crippen LogP contribution in [0.4, 0.5) is 0 Å². The molecule has 2 aliphatic heterocycles. The van der Waals surface area contributed by atoms with E-state index in [1.807, 2.05) is 4.90 Å². The second-order valence-corrected chi connectivity index (χ2v) is 6.96. The lowest BCUT2D eigenvalue weighted by atomic mass is 9.78. The van der Waals surface area contributed by atoms with Crippen LogP contribution in [0.5, 0.6) is 5.75 Å². The molecule has 0 radical (unpaired) electrons. The van der Waals surface area contributed by atoms with Crippen molar-refractivity contribution in [1.29, 1.82) is 0 Å². The van der Waals surface area contributed by atoms with Crippen molar-refractivity contribution in [2.45, 2.75) is 19.3 Å². The molecule has 2 aliphatic rings. The van der Waals surface area contributed by atoms with Crippen LogP contribution >= 0.6 is 35.6 Å². The number of benzene rings is 1. The first kappa shape index (κ1) is 18.7. The van der Waals surface area contributed by atoms with Crippen molar-refractivity contribution in [2.75, 3.05) is 32.8 Å². The summed E-state index contributed by atoms with van der Waals surface area (Å²) in [5.41, 5.74) is 0.406. The zero-order valence-corrected chi connectivity index (χ0v) is 15.1. The van der Waals surface area contributed by atoms with E-state index < -0.39 is 0 Å². The summed E-state index contributed by atoms with van der Waals surface area (Å²) in [6, 6.07) is 5.15. The molecule has 0 aliphatic carbocycles. The minimum Gasteiger partial charge on any atom is -0.481 e. The van der Waals surface area contributed by atoms with Gasteiger partial charge in [-0.1, -0.05) is 29.3 Å². The number of nitrogens with zero attached hydrogens (tertiary/aromatic N) is 1. The van der Waals surface area contributed by atoms with Crippen LogP contribution in [0.2, 0.25) is 10.0 Å². The number of halogens is 3. The molecular formula is C16H21Cl3N2O2. The van der Waals surface area contributed by atoms with Gasteiger partial charge < -0.3 is 15.0 Å². The standard InChI is InChI=1S/C16H20Cl2N2O2.ClH/c17-12-2-1-3-13(18)15(12)22-10-14(21)20-8-5-16(6-9-20)4-7-19-11-16;/h1-3,19H,4-11H2;1H. The van der Waals surface area contributed by atoms with Crippen LogP contribution < -0.4 is 10.1 Å². The lowest BCUT2D eigenvalue weighted by Gasteiger charge is -2.38. The monoisotopic (exact) mass is 378 g/mol. The highest BCUT2D eigenvalue weighted by molar-refractivity contribution is 6.37. The van der Waals surface area contributed by atoms with E-state index in [9.17, 15) is 4.79 Å². The molecular weight excluding hydrogens is 359 g/mol. The molecule has 1 spiro atoms. The van der Waals surface area contributed by atoms with Crippen molar-refractivity contribution in [3.63, 3.8) is 0 Å². The summed E-state index contributed by atoms with van der Waals surface area (Å²) in [6.45, 7) is 3.78. The van der Waals surface area contributed by atoms with Crippen molar-refractivity contribution in [3.05, 3.63) is 28.2 Å². The van der Waals surface area contributed by atoms with E-state index in [4.69, 9.17) is 27.9 Å². The maximum absolute atomic E-state index is 12.3. The number of carbonyl (C=O) groups is 1. The van der Waals surface area contributed by atoms with Gasteiger partial charge in [0.05, 0.1) is 10.0 Å². The Bertz CT molecular complexity index is 532. The van der Waals surface area contributed by atoms with Gasteiger partial charge in [0.15, 0.2) is 12.4 Å². The van der Waals surface area contributed by atoms with Crippen LogP contribution in [0.25, 0.3) is 0 Å². The predicted octanol–water partition coefficient (Wildman–Crippen LogP) is 3.40. The molecule has 1 aromatic carbocycles. The third-order valence-electron chi connectivity index (χ3n) is 4.77. The van der Waals surface area contributed by atoms with Gasteiger partial charge in [-0.05, 0) is 43.4 Å². The Hall–Kier alpha value is -0.680. The number of rotatable bonds is 3. The fourth-order valence-electron chi connectivity index (χ4n) is 3.30. The maximum Gasteiger partial charge on any atom is 0.260 e. The topological polar surface area (TPSA) is 41.6 Å². The summed E-state index contributed by atoms with van der Waals surface area (Å²) in [7, 11) is 0. The van der Waals surface area contributed by atoms with E-state index in [2.05, 4.69) is 5.32 Å². The molecule has 128 valence electrons. The highest BCUT2D eigenvalue weighted by Crippen LogP contribution is 2.37. The zero-order chi connectivity index (χ0) is 15.6. The molecule has 2 fully saturated rings. The number of ether oxygens (including phenoxy) is 1. The lowest BCUT2D eigenvalue weighted by molar-refractivity contribution is -0.135. The van der Waals surface area contributed by atoms with Crippen LogP contribution in [-0.2, 0) is 4.79 Å². The average molecular weight is 380 g/mol. The summed E-state index contributed by atoms with van der Waals surface area (Å²) >= 11 is 12.1. The molecule has 0 atom stereocenters. The lowest BCUT2D eigenvalue weighted by Crippen LogP contribution is -2.45. The van der Waals surface area contributed by atoms with Gasteiger partial charge in [-0.3, -0.25) is 4.79 Å². The molecule has 1 N–H and O–H groups in total. The summed E-state index contributed by atoms with van der Waals surface area (Å²) in [5.74, 6) is 0.379. The number of nitrogens with one attached hydrogen (secondary N) is 1. The molecule has 2 saturated heterocycles. The summed E-state index contributed by atoms with van der Waals surface area (Å²) in [6.07, 6.45) is 3.36. The van der Waals surface area contributed by atoms with Crippen LogP contribution in [0.15, 0.2) is 18.2 Å². The minimum absolute atomic E-state index is 0. The smallest absolute Gasteiger partial charge is 0.260 e. The van der Waals surface area contributed by atoms with Gasteiger partial charge in [-0.2, -0.15) is 0 Å². The quantitative estimate of drug-likeness (QED) is 0.875. The van der Waals surface area contributed by atoms with Crippen molar-refractivity contribution in [2.24, 2.45) is 5.41 Å². The first-order valence-electron chi connectivity index (χ1n) is 7.65. The van der Waals surface area contributed by atoms with E-state index in [-0.39, 0.29) is 24.9 Å². The Morgan fingerprint density at radius 1 is 1.22 bits per heavy atom. The summed E-state index contributed by atoms with van der Waals surface area (Å²) in [5, 5.41) is 4.28. The van der Waals surface area contributed by atoms with Crippen LogP contribution in [0, 0.1) is 5.41 Å². The average Bonchev–Trinajstić information content (AvgIpc) is 2.95.